The lowest BCUT2D eigenvalue weighted by atomic mass is 10.4. The highest BCUT2D eigenvalue weighted by atomic mass is 35.5. The van der Waals surface area contributed by atoms with Crippen molar-refractivity contribution in [2.24, 2.45) is 0 Å². The van der Waals surface area contributed by atoms with E-state index in [1.165, 1.54) is 48.5 Å². The SMILES string of the molecule is O=C(NN1CCCC1)NS(=O)(=O)c1ccc(Cl)cc1.O=C(NN1CCCC1)NS(=O)(=O)c1ccc(Cl)cc1. The zero-order chi connectivity index (χ0) is 27.8. The van der Waals surface area contributed by atoms with Gasteiger partial charge in [0, 0.05) is 36.2 Å². The highest BCUT2D eigenvalue weighted by Gasteiger charge is 2.21. The van der Waals surface area contributed by atoms with Gasteiger partial charge in [0.25, 0.3) is 20.0 Å². The summed E-state index contributed by atoms with van der Waals surface area (Å²) < 4.78 is 51.5. The number of carbonyl (C=O) groups excluding carboxylic acids is 2. The molecule has 2 fully saturated rings. The van der Waals surface area contributed by atoms with E-state index < -0.39 is 32.1 Å². The Hall–Kier alpha value is -2.62. The predicted molar refractivity (Wildman–Crippen MR) is 142 cm³/mol. The average Bonchev–Trinajstić information content (AvgIpc) is 3.54. The standard InChI is InChI=1S/2C11H14ClN3O3S/c2*12-9-3-5-10(6-4-9)19(17,18)14-11(16)13-15-7-1-2-8-15/h2*3-6H,1-2,7-8H2,(H2,13,14,16). The Balaban J connectivity index is 0.000000211. The van der Waals surface area contributed by atoms with Gasteiger partial charge in [-0.15, -0.1) is 0 Å². The second-order valence-corrected chi connectivity index (χ2v) is 12.6. The second-order valence-electron chi connectivity index (χ2n) is 8.39. The summed E-state index contributed by atoms with van der Waals surface area (Å²) in [6.07, 6.45) is 3.96. The van der Waals surface area contributed by atoms with Crippen LogP contribution in [0.1, 0.15) is 25.7 Å². The molecular weight excluding hydrogens is 579 g/mol. The lowest BCUT2D eigenvalue weighted by Crippen LogP contribution is -2.47. The molecule has 2 saturated heterocycles. The number of amides is 4. The minimum atomic E-state index is -3.87. The summed E-state index contributed by atoms with van der Waals surface area (Å²) in [7, 11) is -7.73. The van der Waals surface area contributed by atoms with Crippen molar-refractivity contribution in [3.05, 3.63) is 58.6 Å². The minimum absolute atomic E-state index is 0.00604. The minimum Gasteiger partial charge on any atom is -0.270 e. The predicted octanol–water partition coefficient (Wildman–Crippen LogP) is 2.68. The Morgan fingerprint density at radius 2 is 0.868 bits per heavy atom. The first-order valence-corrected chi connectivity index (χ1v) is 15.3. The second kappa shape index (κ2) is 13.4. The molecule has 2 heterocycles. The molecule has 2 aromatic carbocycles. The van der Waals surface area contributed by atoms with Crippen molar-refractivity contribution in [2.75, 3.05) is 26.2 Å². The molecule has 38 heavy (non-hydrogen) atoms. The fourth-order valence-electron chi connectivity index (χ4n) is 3.58. The Kier molecular flexibility index (Phi) is 10.6. The fourth-order valence-corrected chi connectivity index (χ4v) is 5.64. The summed E-state index contributed by atoms with van der Waals surface area (Å²) >= 11 is 11.4. The van der Waals surface area contributed by atoms with Crippen molar-refractivity contribution >= 4 is 55.3 Å². The van der Waals surface area contributed by atoms with Crippen LogP contribution in [0.15, 0.2) is 58.3 Å². The van der Waals surface area contributed by atoms with Gasteiger partial charge in [-0.3, -0.25) is 10.9 Å². The molecule has 4 amide bonds. The molecule has 0 atom stereocenters. The zero-order valence-corrected chi connectivity index (χ0v) is 23.3. The maximum atomic E-state index is 11.9. The van der Waals surface area contributed by atoms with E-state index in [4.69, 9.17) is 23.2 Å². The van der Waals surface area contributed by atoms with E-state index in [1.54, 1.807) is 10.0 Å². The van der Waals surface area contributed by atoms with Gasteiger partial charge in [-0.25, -0.2) is 45.9 Å². The van der Waals surface area contributed by atoms with Crippen LogP contribution in [0, 0.1) is 0 Å². The first-order chi connectivity index (χ1) is 17.9. The summed E-state index contributed by atoms with van der Waals surface area (Å²) in [6.45, 7) is 2.92. The van der Waals surface area contributed by atoms with E-state index in [0.717, 1.165) is 51.9 Å². The molecule has 0 bridgehead atoms. The van der Waals surface area contributed by atoms with E-state index in [0.29, 0.717) is 10.0 Å². The molecule has 2 aliphatic rings. The molecule has 0 saturated carbocycles. The number of hydrazine groups is 2. The van der Waals surface area contributed by atoms with Crippen LogP contribution < -0.4 is 20.3 Å². The normalized spacial score (nSPS) is 16.3. The molecular formula is C22H28Cl2N6O6S2. The largest absolute Gasteiger partial charge is 0.343 e. The third-order valence-corrected chi connectivity index (χ3v) is 8.63. The van der Waals surface area contributed by atoms with Gasteiger partial charge in [-0.2, -0.15) is 0 Å². The zero-order valence-electron chi connectivity index (χ0n) is 20.2. The summed E-state index contributed by atoms with van der Waals surface area (Å²) in [5.74, 6) is 0. The van der Waals surface area contributed by atoms with E-state index in [-0.39, 0.29) is 9.79 Å². The van der Waals surface area contributed by atoms with Crippen molar-refractivity contribution in [2.45, 2.75) is 35.5 Å². The van der Waals surface area contributed by atoms with Gasteiger partial charge in [0.2, 0.25) is 0 Å². The lowest BCUT2D eigenvalue weighted by molar-refractivity contribution is 0.202. The number of rotatable bonds is 6. The Bertz CT molecular complexity index is 1210. The third kappa shape index (κ3) is 9.29. The van der Waals surface area contributed by atoms with Crippen molar-refractivity contribution in [3.8, 4) is 0 Å². The van der Waals surface area contributed by atoms with Gasteiger partial charge in [0.05, 0.1) is 9.79 Å². The Morgan fingerprint density at radius 1 is 0.579 bits per heavy atom. The molecule has 0 unspecified atom stereocenters. The number of nitrogens with zero attached hydrogens (tertiary/aromatic N) is 2. The van der Waals surface area contributed by atoms with Crippen molar-refractivity contribution in [1.82, 2.24) is 30.3 Å². The van der Waals surface area contributed by atoms with Crippen LogP contribution in [0.5, 0.6) is 0 Å². The number of benzene rings is 2. The molecule has 0 aliphatic carbocycles. The van der Waals surface area contributed by atoms with Crippen molar-refractivity contribution in [3.63, 3.8) is 0 Å². The molecule has 4 N–H and O–H groups in total. The average molecular weight is 608 g/mol. The maximum absolute atomic E-state index is 11.9. The van der Waals surface area contributed by atoms with Crippen LogP contribution in [0.25, 0.3) is 0 Å². The van der Waals surface area contributed by atoms with E-state index in [9.17, 15) is 26.4 Å². The number of hydrogen-bond acceptors (Lipinski definition) is 8. The van der Waals surface area contributed by atoms with Crippen molar-refractivity contribution in [1.29, 1.82) is 0 Å². The van der Waals surface area contributed by atoms with Crippen LogP contribution in [0.4, 0.5) is 9.59 Å². The molecule has 0 spiro atoms. The molecule has 2 aliphatic heterocycles. The molecule has 0 radical (unpaired) electrons. The topological polar surface area (TPSA) is 157 Å². The monoisotopic (exact) mass is 606 g/mol. The molecule has 2 aromatic rings. The van der Waals surface area contributed by atoms with Gasteiger partial charge >= 0.3 is 12.1 Å². The highest BCUT2D eigenvalue weighted by Crippen LogP contribution is 2.15. The number of nitrogens with one attached hydrogen (secondary N) is 4. The first kappa shape index (κ1) is 29.9. The van der Waals surface area contributed by atoms with Crippen LogP contribution in [-0.4, -0.2) is 65.1 Å². The van der Waals surface area contributed by atoms with E-state index in [2.05, 4.69) is 10.9 Å². The van der Waals surface area contributed by atoms with Crippen molar-refractivity contribution < 1.29 is 26.4 Å². The number of sulfonamides is 2. The number of hydrogen-bond donors (Lipinski definition) is 4. The van der Waals surface area contributed by atoms with Crippen LogP contribution >= 0.6 is 23.2 Å². The summed E-state index contributed by atoms with van der Waals surface area (Å²) in [6, 6.07) is 9.67. The molecule has 208 valence electrons. The summed E-state index contributed by atoms with van der Waals surface area (Å²) in [5.41, 5.74) is 4.99. The van der Waals surface area contributed by atoms with E-state index in [1.807, 2.05) is 9.44 Å². The molecule has 16 heteroatoms. The Labute approximate surface area is 231 Å². The number of carbonyl (C=O) groups is 2. The van der Waals surface area contributed by atoms with Gasteiger partial charge in [-0.05, 0) is 74.2 Å². The van der Waals surface area contributed by atoms with E-state index >= 15 is 0 Å². The molecule has 12 nitrogen and oxygen atoms in total. The van der Waals surface area contributed by atoms with Gasteiger partial charge < -0.3 is 0 Å². The van der Waals surface area contributed by atoms with Gasteiger partial charge in [0.15, 0.2) is 0 Å². The number of urea groups is 2. The lowest BCUT2D eigenvalue weighted by Gasteiger charge is -2.16. The molecule has 4 rings (SSSR count). The Morgan fingerprint density at radius 3 is 1.16 bits per heavy atom. The summed E-state index contributed by atoms with van der Waals surface area (Å²) in [4.78, 5) is 23.2. The first-order valence-electron chi connectivity index (χ1n) is 11.6. The van der Waals surface area contributed by atoms with Gasteiger partial charge in [0.1, 0.15) is 0 Å². The fraction of sp³-hybridized carbons (Fsp3) is 0.364. The maximum Gasteiger partial charge on any atom is 0.343 e. The summed E-state index contributed by atoms with van der Waals surface area (Å²) in [5, 5.41) is 4.24. The highest BCUT2D eigenvalue weighted by molar-refractivity contribution is 7.90. The van der Waals surface area contributed by atoms with Gasteiger partial charge in [-0.1, -0.05) is 23.2 Å². The smallest absolute Gasteiger partial charge is 0.270 e. The van der Waals surface area contributed by atoms with Crippen LogP contribution in [0.2, 0.25) is 10.0 Å². The quantitative estimate of drug-likeness (QED) is 0.391. The molecule has 0 aromatic heterocycles. The van der Waals surface area contributed by atoms with Crippen LogP contribution in [0.3, 0.4) is 0 Å². The third-order valence-electron chi connectivity index (χ3n) is 5.43. The van der Waals surface area contributed by atoms with Crippen LogP contribution in [-0.2, 0) is 20.0 Å². The number of halogens is 2.